The van der Waals surface area contributed by atoms with Crippen molar-refractivity contribution in [3.63, 3.8) is 0 Å². The second-order valence-corrected chi connectivity index (χ2v) is 10.7. The maximum atomic E-state index is 13.3. The second kappa shape index (κ2) is 10.8. The van der Waals surface area contributed by atoms with Gasteiger partial charge in [0.05, 0.1) is 29.5 Å². The normalized spacial score (nSPS) is 20.0. The molecule has 1 N–H and O–H groups in total. The Morgan fingerprint density at radius 3 is 2.94 bits per heavy atom. The van der Waals surface area contributed by atoms with Gasteiger partial charge in [0.15, 0.2) is 0 Å². The van der Waals surface area contributed by atoms with Crippen LogP contribution in [0.5, 0.6) is 0 Å². The smallest absolute Gasteiger partial charge is 0.243 e. The fourth-order valence-electron chi connectivity index (χ4n) is 4.60. The number of ether oxygens (including phenoxy) is 1. The van der Waals surface area contributed by atoms with Gasteiger partial charge in [0, 0.05) is 26.7 Å². The first-order valence-electron chi connectivity index (χ1n) is 11.8. The van der Waals surface area contributed by atoms with Gasteiger partial charge in [-0.3, -0.25) is 4.79 Å². The molecule has 1 aliphatic carbocycles. The molecule has 10 heteroatoms. The third-order valence-electron chi connectivity index (χ3n) is 6.52. The van der Waals surface area contributed by atoms with E-state index >= 15 is 0 Å². The van der Waals surface area contributed by atoms with E-state index in [0.717, 1.165) is 24.8 Å². The van der Waals surface area contributed by atoms with Crippen LogP contribution in [-0.2, 0) is 26.1 Å². The van der Waals surface area contributed by atoms with Gasteiger partial charge in [-0.05, 0) is 63.1 Å². The molecule has 2 heterocycles. The molecule has 33 heavy (non-hydrogen) atoms. The molecular formula is C23H33N5O4S. The Kier molecular flexibility index (Phi) is 7.77. The zero-order valence-corrected chi connectivity index (χ0v) is 20.0. The summed E-state index contributed by atoms with van der Waals surface area (Å²) in [5.74, 6) is -0.379. The van der Waals surface area contributed by atoms with Crippen LogP contribution in [0.4, 0.5) is 0 Å². The molecule has 1 fully saturated rings. The molecule has 1 amide bonds. The molecule has 0 unspecified atom stereocenters. The minimum absolute atomic E-state index is 0.0529. The van der Waals surface area contributed by atoms with Crippen LogP contribution in [0.2, 0.25) is 0 Å². The van der Waals surface area contributed by atoms with Crippen molar-refractivity contribution in [2.75, 3.05) is 33.4 Å². The molecule has 0 saturated carbocycles. The molecule has 1 aliphatic heterocycles. The highest BCUT2D eigenvalue weighted by Crippen LogP contribution is 2.26. The topological polar surface area (TPSA) is 106 Å². The number of aromatic nitrogens is 3. The predicted molar refractivity (Wildman–Crippen MR) is 125 cm³/mol. The Morgan fingerprint density at radius 2 is 2.15 bits per heavy atom. The first-order chi connectivity index (χ1) is 16.0. The van der Waals surface area contributed by atoms with Crippen molar-refractivity contribution in [3.05, 3.63) is 29.8 Å². The van der Waals surface area contributed by atoms with Crippen molar-refractivity contribution in [1.82, 2.24) is 24.6 Å². The van der Waals surface area contributed by atoms with Crippen LogP contribution >= 0.6 is 0 Å². The summed E-state index contributed by atoms with van der Waals surface area (Å²) in [5, 5.41) is 11.2. The van der Waals surface area contributed by atoms with Gasteiger partial charge in [0.25, 0.3) is 0 Å². The maximum Gasteiger partial charge on any atom is 0.243 e. The van der Waals surface area contributed by atoms with Crippen LogP contribution in [-0.4, -0.2) is 67.0 Å². The van der Waals surface area contributed by atoms with E-state index in [2.05, 4.69) is 21.7 Å². The molecule has 9 nitrogen and oxygen atoms in total. The van der Waals surface area contributed by atoms with Gasteiger partial charge in [0.2, 0.25) is 15.9 Å². The highest BCUT2D eigenvalue weighted by atomic mass is 32.2. The zero-order valence-electron chi connectivity index (χ0n) is 19.2. The van der Waals surface area contributed by atoms with E-state index in [-0.39, 0.29) is 23.3 Å². The van der Waals surface area contributed by atoms with Gasteiger partial charge < -0.3 is 10.1 Å². The molecule has 0 bridgehead atoms. The van der Waals surface area contributed by atoms with Crippen molar-refractivity contribution in [2.45, 2.75) is 56.4 Å². The minimum atomic E-state index is -3.72. The molecule has 2 aliphatic rings. The number of allylic oxidation sites excluding steroid dienone is 1. The van der Waals surface area contributed by atoms with E-state index in [1.165, 1.54) is 22.7 Å². The third-order valence-corrected chi connectivity index (χ3v) is 8.38. The van der Waals surface area contributed by atoms with Crippen LogP contribution in [0.15, 0.2) is 34.7 Å². The number of methoxy groups -OCH3 is 1. The van der Waals surface area contributed by atoms with E-state index in [1.807, 2.05) is 0 Å². The van der Waals surface area contributed by atoms with Crippen LogP contribution in [0.1, 0.15) is 44.9 Å². The van der Waals surface area contributed by atoms with Crippen LogP contribution in [0, 0.1) is 5.92 Å². The minimum Gasteiger partial charge on any atom is -0.383 e. The van der Waals surface area contributed by atoms with Crippen LogP contribution in [0.3, 0.4) is 0 Å². The monoisotopic (exact) mass is 475 g/mol. The lowest BCUT2D eigenvalue weighted by Crippen LogP contribution is -2.45. The van der Waals surface area contributed by atoms with Crippen molar-refractivity contribution >= 4 is 27.0 Å². The highest BCUT2D eigenvalue weighted by molar-refractivity contribution is 7.89. The molecule has 1 aromatic carbocycles. The number of nitrogens with one attached hydrogen (secondary N) is 1. The predicted octanol–water partition coefficient (Wildman–Crippen LogP) is 2.49. The van der Waals surface area contributed by atoms with Gasteiger partial charge in [0.1, 0.15) is 5.52 Å². The Bertz CT molecular complexity index is 1110. The van der Waals surface area contributed by atoms with Gasteiger partial charge >= 0.3 is 0 Å². The number of benzene rings is 1. The lowest BCUT2D eigenvalue weighted by atomic mass is 9.96. The summed E-state index contributed by atoms with van der Waals surface area (Å²) in [4.78, 5) is 12.9. The fourth-order valence-corrected chi connectivity index (χ4v) is 6.15. The molecule has 2 aromatic rings. The number of rotatable bonds is 9. The first kappa shape index (κ1) is 23.8. The van der Waals surface area contributed by atoms with E-state index in [4.69, 9.17) is 4.74 Å². The number of fused-ring (bicyclic) bond motifs is 1. The molecule has 0 spiro atoms. The molecule has 1 aromatic heterocycles. The summed E-state index contributed by atoms with van der Waals surface area (Å²) in [6, 6.07) is 4.88. The Labute approximate surface area is 195 Å². The number of hydrogen-bond donors (Lipinski definition) is 1. The maximum absolute atomic E-state index is 13.3. The average Bonchev–Trinajstić information content (AvgIpc) is 3.25. The lowest BCUT2D eigenvalue weighted by molar-refractivity contribution is -0.126. The van der Waals surface area contributed by atoms with Crippen LogP contribution < -0.4 is 5.32 Å². The van der Waals surface area contributed by atoms with Gasteiger partial charge in [-0.1, -0.05) is 16.9 Å². The van der Waals surface area contributed by atoms with Gasteiger partial charge in [-0.25, -0.2) is 13.1 Å². The summed E-state index contributed by atoms with van der Waals surface area (Å²) in [7, 11) is -2.11. The summed E-state index contributed by atoms with van der Waals surface area (Å²) in [5.41, 5.74) is 2.70. The number of amides is 1. The van der Waals surface area contributed by atoms with Crippen molar-refractivity contribution in [1.29, 1.82) is 0 Å². The Balaban J connectivity index is 1.39. The Hall–Kier alpha value is -2.30. The van der Waals surface area contributed by atoms with E-state index in [0.29, 0.717) is 44.6 Å². The zero-order chi connectivity index (χ0) is 23.3. The van der Waals surface area contributed by atoms with Crippen molar-refractivity contribution < 1.29 is 17.9 Å². The number of hydrogen-bond acceptors (Lipinski definition) is 6. The number of piperidine rings is 1. The van der Waals surface area contributed by atoms with Crippen molar-refractivity contribution in [2.24, 2.45) is 5.92 Å². The summed E-state index contributed by atoms with van der Waals surface area (Å²) in [6.45, 7) is 2.27. The number of carbonyl (C=O) groups excluding carboxylic acids is 1. The molecule has 180 valence electrons. The SMILES string of the molecule is COCCn1nnc2cc(S(=O)(=O)N3CCC[C@H](C(=O)NCCC4=CCCCC4)C3)ccc21. The standard InChI is InChI=1S/C23H33N5O4S/c1-32-15-14-28-22-10-9-20(16-21(22)25-26-28)33(30,31)27-13-5-8-19(17-27)23(29)24-12-11-18-6-3-2-4-7-18/h6,9-10,16,19H,2-5,7-8,11-15,17H2,1H3,(H,24,29)/t19-/m0/s1. The summed E-state index contributed by atoms with van der Waals surface area (Å²) < 4.78 is 34.8. The van der Waals surface area contributed by atoms with Gasteiger partial charge in [-0.15, -0.1) is 5.10 Å². The fraction of sp³-hybridized carbons (Fsp3) is 0.609. The molecule has 0 radical (unpaired) electrons. The quantitative estimate of drug-likeness (QED) is 0.559. The molecule has 4 rings (SSSR count). The molecule has 1 atom stereocenters. The highest BCUT2D eigenvalue weighted by Gasteiger charge is 2.33. The number of nitrogens with zero attached hydrogens (tertiary/aromatic N) is 4. The number of carbonyl (C=O) groups is 1. The van der Waals surface area contributed by atoms with Gasteiger partial charge in [-0.2, -0.15) is 4.31 Å². The van der Waals surface area contributed by atoms with E-state index in [9.17, 15) is 13.2 Å². The van der Waals surface area contributed by atoms with E-state index < -0.39 is 10.0 Å². The molecular weight excluding hydrogens is 442 g/mol. The van der Waals surface area contributed by atoms with E-state index in [1.54, 1.807) is 30.0 Å². The Morgan fingerprint density at radius 1 is 1.27 bits per heavy atom. The summed E-state index contributed by atoms with van der Waals surface area (Å²) in [6.07, 6.45) is 9.27. The third kappa shape index (κ3) is 5.62. The number of sulfonamides is 1. The largest absolute Gasteiger partial charge is 0.383 e. The van der Waals surface area contributed by atoms with Crippen molar-refractivity contribution in [3.8, 4) is 0 Å². The average molecular weight is 476 g/mol. The molecule has 1 saturated heterocycles. The van der Waals surface area contributed by atoms with Crippen LogP contribution in [0.25, 0.3) is 11.0 Å². The lowest BCUT2D eigenvalue weighted by Gasteiger charge is -2.31. The summed E-state index contributed by atoms with van der Waals surface area (Å²) >= 11 is 0. The second-order valence-electron chi connectivity index (χ2n) is 8.81. The first-order valence-corrected chi connectivity index (χ1v) is 13.2.